The molecule has 4 aromatic rings. The number of halogens is 1. The van der Waals surface area contributed by atoms with Gasteiger partial charge >= 0.3 is 0 Å². The Kier molecular flexibility index (Phi) is 5.52. The van der Waals surface area contributed by atoms with Crippen molar-refractivity contribution in [3.8, 4) is 28.6 Å². The zero-order valence-corrected chi connectivity index (χ0v) is 16.1. The Bertz CT molecular complexity index is 1160. The summed E-state index contributed by atoms with van der Waals surface area (Å²) in [6.45, 7) is 1.55. The maximum Gasteiger partial charge on any atom is 0.262 e. The van der Waals surface area contributed by atoms with Gasteiger partial charge in [0, 0.05) is 16.8 Å². The largest absolute Gasteiger partial charge is 0.484 e. The first kappa shape index (κ1) is 19.3. The van der Waals surface area contributed by atoms with Gasteiger partial charge in [0.1, 0.15) is 11.6 Å². The molecule has 0 radical (unpaired) electrons. The van der Waals surface area contributed by atoms with Crippen molar-refractivity contribution in [2.24, 2.45) is 0 Å². The molecular weight excluding hydrogens is 385 g/mol. The summed E-state index contributed by atoms with van der Waals surface area (Å²) in [6, 6.07) is 20.7. The minimum Gasteiger partial charge on any atom is -0.484 e. The molecule has 0 atom stereocenters. The summed E-state index contributed by atoms with van der Waals surface area (Å²) in [5.41, 5.74) is 2.80. The molecule has 0 saturated carbocycles. The van der Waals surface area contributed by atoms with Crippen LogP contribution in [0.3, 0.4) is 0 Å². The Morgan fingerprint density at radius 2 is 1.80 bits per heavy atom. The SMILES string of the molecule is Cc1cc(F)ccc1NC(=O)COc1ccc(-c2nc(-c3ccccc3)no2)cc1. The van der Waals surface area contributed by atoms with Crippen LogP contribution in [-0.2, 0) is 4.79 Å². The van der Waals surface area contributed by atoms with Gasteiger partial charge < -0.3 is 14.6 Å². The van der Waals surface area contributed by atoms with E-state index in [1.165, 1.54) is 18.2 Å². The first-order valence-corrected chi connectivity index (χ1v) is 9.27. The van der Waals surface area contributed by atoms with Gasteiger partial charge in [-0.1, -0.05) is 35.5 Å². The van der Waals surface area contributed by atoms with Crippen LogP contribution in [0.4, 0.5) is 10.1 Å². The summed E-state index contributed by atoms with van der Waals surface area (Å²) in [5.74, 6) is 0.744. The van der Waals surface area contributed by atoms with Gasteiger partial charge in [-0.3, -0.25) is 4.79 Å². The van der Waals surface area contributed by atoms with E-state index in [1.54, 1.807) is 31.2 Å². The summed E-state index contributed by atoms with van der Waals surface area (Å²) < 4.78 is 24.0. The maximum absolute atomic E-state index is 13.1. The third kappa shape index (κ3) is 4.52. The fourth-order valence-corrected chi connectivity index (χ4v) is 2.84. The van der Waals surface area contributed by atoms with Gasteiger partial charge in [-0.2, -0.15) is 4.98 Å². The van der Waals surface area contributed by atoms with Crippen molar-refractivity contribution in [1.29, 1.82) is 0 Å². The van der Waals surface area contributed by atoms with Gasteiger partial charge in [0.05, 0.1) is 0 Å². The van der Waals surface area contributed by atoms with Gasteiger partial charge in [0.15, 0.2) is 6.61 Å². The molecule has 0 saturated heterocycles. The predicted molar refractivity (Wildman–Crippen MR) is 110 cm³/mol. The second-order valence-electron chi connectivity index (χ2n) is 6.61. The first-order chi connectivity index (χ1) is 14.6. The van der Waals surface area contributed by atoms with E-state index >= 15 is 0 Å². The predicted octanol–water partition coefficient (Wildman–Crippen LogP) is 4.87. The summed E-state index contributed by atoms with van der Waals surface area (Å²) >= 11 is 0. The lowest BCUT2D eigenvalue weighted by atomic mass is 10.2. The van der Waals surface area contributed by atoms with Crippen molar-refractivity contribution in [3.05, 3.63) is 84.2 Å². The van der Waals surface area contributed by atoms with Crippen molar-refractivity contribution in [2.75, 3.05) is 11.9 Å². The molecule has 4 rings (SSSR count). The third-order valence-corrected chi connectivity index (χ3v) is 4.39. The van der Waals surface area contributed by atoms with E-state index in [9.17, 15) is 9.18 Å². The van der Waals surface area contributed by atoms with Crippen molar-refractivity contribution in [3.63, 3.8) is 0 Å². The number of ether oxygens (including phenoxy) is 1. The highest BCUT2D eigenvalue weighted by atomic mass is 19.1. The number of amides is 1. The summed E-state index contributed by atoms with van der Waals surface area (Å²) in [7, 11) is 0. The lowest BCUT2D eigenvalue weighted by Gasteiger charge is -2.09. The van der Waals surface area contributed by atoms with E-state index in [-0.39, 0.29) is 18.3 Å². The highest BCUT2D eigenvalue weighted by molar-refractivity contribution is 5.92. The van der Waals surface area contributed by atoms with Gasteiger partial charge in [-0.05, 0) is 55.0 Å². The fraction of sp³-hybridized carbons (Fsp3) is 0.0870. The molecule has 7 heteroatoms. The van der Waals surface area contributed by atoms with E-state index in [4.69, 9.17) is 9.26 Å². The molecule has 30 heavy (non-hydrogen) atoms. The number of hydrogen-bond donors (Lipinski definition) is 1. The molecular formula is C23H18FN3O3. The zero-order valence-electron chi connectivity index (χ0n) is 16.1. The first-order valence-electron chi connectivity index (χ1n) is 9.27. The number of nitrogens with zero attached hydrogens (tertiary/aromatic N) is 2. The number of nitrogens with one attached hydrogen (secondary N) is 1. The molecule has 0 spiro atoms. The molecule has 0 bridgehead atoms. The Morgan fingerprint density at radius 3 is 2.53 bits per heavy atom. The average molecular weight is 403 g/mol. The van der Waals surface area contributed by atoms with Crippen LogP contribution in [0.15, 0.2) is 77.3 Å². The number of aromatic nitrogens is 2. The summed E-state index contributed by atoms with van der Waals surface area (Å²) in [6.07, 6.45) is 0. The monoisotopic (exact) mass is 403 g/mol. The van der Waals surface area contributed by atoms with Crippen LogP contribution < -0.4 is 10.1 Å². The number of carbonyl (C=O) groups is 1. The van der Waals surface area contributed by atoms with Crippen LogP contribution in [0.25, 0.3) is 22.8 Å². The van der Waals surface area contributed by atoms with E-state index in [0.717, 1.165) is 11.1 Å². The number of carbonyl (C=O) groups excluding carboxylic acids is 1. The molecule has 6 nitrogen and oxygen atoms in total. The third-order valence-electron chi connectivity index (χ3n) is 4.39. The highest BCUT2D eigenvalue weighted by Gasteiger charge is 2.11. The van der Waals surface area contributed by atoms with Crippen molar-refractivity contribution < 1.29 is 18.4 Å². The van der Waals surface area contributed by atoms with Gasteiger partial charge in [-0.25, -0.2) is 4.39 Å². The van der Waals surface area contributed by atoms with Crippen molar-refractivity contribution in [1.82, 2.24) is 10.1 Å². The number of aryl methyl sites for hydroxylation is 1. The number of hydrogen-bond acceptors (Lipinski definition) is 5. The second-order valence-corrected chi connectivity index (χ2v) is 6.61. The molecule has 0 aliphatic carbocycles. The van der Waals surface area contributed by atoms with E-state index in [1.807, 2.05) is 30.3 Å². The summed E-state index contributed by atoms with van der Waals surface area (Å²) in [5, 5.41) is 6.70. The molecule has 3 aromatic carbocycles. The minimum absolute atomic E-state index is 0.172. The Labute approximate surface area is 172 Å². The molecule has 150 valence electrons. The van der Waals surface area contributed by atoms with Crippen LogP contribution in [-0.4, -0.2) is 22.7 Å². The molecule has 0 fully saturated rings. The number of rotatable bonds is 6. The van der Waals surface area contributed by atoms with Gasteiger partial charge in [0.2, 0.25) is 5.82 Å². The molecule has 1 N–H and O–H groups in total. The Balaban J connectivity index is 1.36. The molecule has 0 aliphatic heterocycles. The van der Waals surface area contributed by atoms with Crippen LogP contribution in [0, 0.1) is 12.7 Å². The van der Waals surface area contributed by atoms with E-state index in [0.29, 0.717) is 28.7 Å². The van der Waals surface area contributed by atoms with Crippen LogP contribution in [0.2, 0.25) is 0 Å². The normalized spacial score (nSPS) is 10.6. The average Bonchev–Trinajstić information content (AvgIpc) is 3.26. The Hall–Kier alpha value is -4.00. The lowest BCUT2D eigenvalue weighted by molar-refractivity contribution is -0.118. The molecule has 0 unspecified atom stereocenters. The maximum atomic E-state index is 13.1. The summed E-state index contributed by atoms with van der Waals surface area (Å²) in [4.78, 5) is 16.5. The van der Waals surface area contributed by atoms with E-state index in [2.05, 4.69) is 15.5 Å². The fourth-order valence-electron chi connectivity index (χ4n) is 2.84. The zero-order chi connectivity index (χ0) is 20.9. The van der Waals surface area contributed by atoms with Crippen LogP contribution in [0.5, 0.6) is 5.75 Å². The van der Waals surface area contributed by atoms with Crippen LogP contribution >= 0.6 is 0 Å². The van der Waals surface area contributed by atoms with Gasteiger partial charge in [0.25, 0.3) is 11.8 Å². The van der Waals surface area contributed by atoms with Crippen LogP contribution in [0.1, 0.15) is 5.56 Å². The van der Waals surface area contributed by atoms with E-state index < -0.39 is 0 Å². The van der Waals surface area contributed by atoms with Crippen molar-refractivity contribution >= 4 is 11.6 Å². The quantitative estimate of drug-likeness (QED) is 0.497. The molecule has 0 aliphatic rings. The molecule has 1 amide bonds. The second kappa shape index (κ2) is 8.57. The smallest absolute Gasteiger partial charge is 0.262 e. The standard InChI is InChI=1S/C23H18FN3O3/c1-15-13-18(24)9-12-20(15)25-21(28)14-29-19-10-7-17(8-11-19)23-26-22(27-30-23)16-5-3-2-4-6-16/h2-13H,14H2,1H3,(H,25,28). The highest BCUT2D eigenvalue weighted by Crippen LogP contribution is 2.24. The van der Waals surface area contributed by atoms with Gasteiger partial charge in [-0.15, -0.1) is 0 Å². The Morgan fingerprint density at radius 1 is 1.03 bits per heavy atom. The lowest BCUT2D eigenvalue weighted by Crippen LogP contribution is -2.20. The minimum atomic E-state index is -0.348. The number of anilines is 1. The van der Waals surface area contributed by atoms with Crippen molar-refractivity contribution in [2.45, 2.75) is 6.92 Å². The molecule has 1 aromatic heterocycles. The topological polar surface area (TPSA) is 77.2 Å². The molecule has 1 heterocycles. The number of benzene rings is 3.